The average Bonchev–Trinajstić information content (AvgIpc) is 3.09. The Morgan fingerprint density at radius 2 is 1.72 bits per heavy atom. The first kappa shape index (κ1) is 22.9. The van der Waals surface area contributed by atoms with Crippen LogP contribution in [0.2, 0.25) is 0 Å². The van der Waals surface area contributed by atoms with E-state index in [4.69, 9.17) is 4.74 Å². The summed E-state index contributed by atoms with van der Waals surface area (Å²) in [6, 6.07) is 11.7. The minimum Gasteiger partial charge on any atom is -0.454 e. The zero-order chi connectivity index (χ0) is 23.3. The first-order valence-corrected chi connectivity index (χ1v) is 10.3. The van der Waals surface area contributed by atoms with Crippen LogP contribution in [0.5, 0.6) is 0 Å². The molecular weight excluding hydrogens is 408 g/mol. The topological polar surface area (TPSA) is 103 Å². The maximum absolute atomic E-state index is 12.3. The van der Waals surface area contributed by atoms with Gasteiger partial charge in [0.2, 0.25) is 5.91 Å². The van der Waals surface area contributed by atoms with Gasteiger partial charge in [0.05, 0.1) is 11.3 Å². The van der Waals surface area contributed by atoms with Gasteiger partial charge in [-0.15, -0.1) is 0 Å². The lowest BCUT2D eigenvalue weighted by atomic mass is 10.1. The molecule has 8 heteroatoms. The van der Waals surface area contributed by atoms with Gasteiger partial charge >= 0.3 is 5.97 Å². The highest BCUT2D eigenvalue weighted by Crippen LogP contribution is 2.13. The zero-order valence-corrected chi connectivity index (χ0v) is 18.6. The molecule has 0 atom stereocenters. The normalized spacial score (nSPS) is 10.8. The summed E-state index contributed by atoms with van der Waals surface area (Å²) in [5.74, 6) is -0.209. The monoisotopic (exact) mass is 434 g/mol. The molecule has 2 heterocycles. The number of aromatic nitrogens is 3. The molecule has 166 valence electrons. The predicted octanol–water partition coefficient (Wildman–Crippen LogP) is 3.91. The molecule has 0 saturated carbocycles. The Morgan fingerprint density at radius 3 is 2.28 bits per heavy atom. The van der Waals surface area contributed by atoms with Crippen molar-refractivity contribution >= 4 is 23.3 Å². The van der Waals surface area contributed by atoms with E-state index in [0.717, 1.165) is 11.4 Å². The number of aryl methyl sites for hydroxylation is 2. The molecule has 1 amide bonds. The summed E-state index contributed by atoms with van der Waals surface area (Å²) in [6.07, 6.45) is 1.82. The summed E-state index contributed by atoms with van der Waals surface area (Å²) >= 11 is 0. The van der Waals surface area contributed by atoms with Crippen LogP contribution < -0.4 is 5.32 Å². The second-order valence-corrected chi connectivity index (χ2v) is 7.97. The number of hydrogen-bond donors (Lipinski definition) is 1. The number of carbonyl (C=O) groups is 3. The molecule has 0 aliphatic rings. The number of pyridine rings is 1. The van der Waals surface area contributed by atoms with Crippen LogP contribution in [-0.2, 0) is 9.53 Å². The smallest absolute Gasteiger partial charge is 0.340 e. The van der Waals surface area contributed by atoms with Crippen molar-refractivity contribution in [1.29, 1.82) is 0 Å². The third-order valence-electron chi connectivity index (χ3n) is 4.63. The van der Waals surface area contributed by atoms with Gasteiger partial charge in [-0.1, -0.05) is 13.8 Å². The lowest BCUT2D eigenvalue weighted by molar-refractivity contribution is -0.116. The van der Waals surface area contributed by atoms with Crippen LogP contribution in [0.4, 0.5) is 5.69 Å². The first-order chi connectivity index (χ1) is 15.2. The standard InChI is InChI=1S/C24H26N4O4/c1-15(2)11-23(30)26-20-8-5-18(6-9-20)21(29)14-32-24(31)19-7-10-22(25-13-19)28-17(4)12-16(3)27-28/h5-10,12-13,15H,11,14H2,1-4H3,(H,26,30). The molecule has 0 bridgehead atoms. The molecule has 0 radical (unpaired) electrons. The van der Waals surface area contributed by atoms with Crippen molar-refractivity contribution in [2.24, 2.45) is 5.92 Å². The van der Waals surface area contributed by atoms with Crippen LogP contribution in [0.3, 0.4) is 0 Å². The number of anilines is 1. The van der Waals surface area contributed by atoms with Crippen molar-refractivity contribution in [3.05, 3.63) is 71.2 Å². The van der Waals surface area contributed by atoms with E-state index in [2.05, 4.69) is 15.4 Å². The number of carbonyl (C=O) groups excluding carboxylic acids is 3. The first-order valence-electron chi connectivity index (χ1n) is 10.3. The molecular formula is C24H26N4O4. The molecule has 0 spiro atoms. The second kappa shape index (κ2) is 10.00. The number of hydrogen-bond acceptors (Lipinski definition) is 6. The van der Waals surface area contributed by atoms with E-state index >= 15 is 0 Å². The molecule has 8 nitrogen and oxygen atoms in total. The Hall–Kier alpha value is -3.81. The van der Waals surface area contributed by atoms with Crippen molar-refractivity contribution in [3.8, 4) is 5.82 Å². The minimum absolute atomic E-state index is 0.0783. The number of amides is 1. The van der Waals surface area contributed by atoms with Crippen molar-refractivity contribution < 1.29 is 19.1 Å². The summed E-state index contributed by atoms with van der Waals surface area (Å²) in [7, 11) is 0. The maximum atomic E-state index is 12.3. The molecule has 2 aromatic heterocycles. The van der Waals surface area contributed by atoms with Crippen LogP contribution in [0.15, 0.2) is 48.7 Å². The number of Topliss-reactive ketones (excluding diaryl/α,β-unsaturated/α-hetero) is 1. The van der Waals surface area contributed by atoms with Gasteiger partial charge in [0.1, 0.15) is 0 Å². The molecule has 0 unspecified atom stereocenters. The van der Waals surface area contributed by atoms with E-state index < -0.39 is 12.6 Å². The third-order valence-corrected chi connectivity index (χ3v) is 4.63. The van der Waals surface area contributed by atoms with E-state index in [-0.39, 0.29) is 23.2 Å². The Bertz CT molecular complexity index is 1120. The van der Waals surface area contributed by atoms with Gasteiger partial charge in [0.15, 0.2) is 18.2 Å². The Labute approximate surface area is 186 Å². The van der Waals surface area contributed by atoms with Crippen molar-refractivity contribution in [2.45, 2.75) is 34.1 Å². The molecule has 0 aliphatic heterocycles. The van der Waals surface area contributed by atoms with Crippen LogP contribution >= 0.6 is 0 Å². The number of rotatable bonds is 8. The van der Waals surface area contributed by atoms with Crippen LogP contribution in [0.1, 0.15) is 52.4 Å². The van der Waals surface area contributed by atoms with Crippen molar-refractivity contribution in [3.63, 3.8) is 0 Å². The number of nitrogens with zero attached hydrogens (tertiary/aromatic N) is 3. The van der Waals surface area contributed by atoms with Gasteiger partial charge in [-0.3, -0.25) is 9.59 Å². The molecule has 32 heavy (non-hydrogen) atoms. The Balaban J connectivity index is 1.54. The van der Waals surface area contributed by atoms with Gasteiger partial charge in [-0.25, -0.2) is 14.5 Å². The highest BCUT2D eigenvalue weighted by atomic mass is 16.5. The van der Waals surface area contributed by atoms with Crippen LogP contribution in [-0.4, -0.2) is 39.0 Å². The van der Waals surface area contributed by atoms with Crippen LogP contribution in [0.25, 0.3) is 5.82 Å². The number of ketones is 1. The van der Waals surface area contributed by atoms with E-state index in [9.17, 15) is 14.4 Å². The highest BCUT2D eigenvalue weighted by molar-refractivity contribution is 6.00. The average molecular weight is 434 g/mol. The summed E-state index contributed by atoms with van der Waals surface area (Å²) in [5, 5.41) is 7.14. The Kier molecular flexibility index (Phi) is 7.14. The van der Waals surface area contributed by atoms with E-state index in [1.54, 1.807) is 41.1 Å². The lowest BCUT2D eigenvalue weighted by Gasteiger charge is -2.08. The van der Waals surface area contributed by atoms with Crippen LogP contribution in [0, 0.1) is 19.8 Å². The highest BCUT2D eigenvalue weighted by Gasteiger charge is 2.14. The SMILES string of the molecule is Cc1cc(C)n(-c2ccc(C(=O)OCC(=O)c3ccc(NC(=O)CC(C)C)cc3)cn2)n1. The maximum Gasteiger partial charge on any atom is 0.340 e. The van der Waals surface area contributed by atoms with Crippen molar-refractivity contribution in [1.82, 2.24) is 14.8 Å². The van der Waals surface area contributed by atoms with E-state index in [1.807, 2.05) is 33.8 Å². The molecule has 1 aromatic carbocycles. The third kappa shape index (κ3) is 5.87. The molecule has 0 fully saturated rings. The fraction of sp³-hybridized carbons (Fsp3) is 0.292. The zero-order valence-electron chi connectivity index (χ0n) is 18.6. The number of esters is 1. The minimum atomic E-state index is -0.636. The van der Waals surface area contributed by atoms with E-state index in [0.29, 0.717) is 23.5 Å². The summed E-state index contributed by atoms with van der Waals surface area (Å²) in [6.45, 7) is 7.35. The molecule has 0 aliphatic carbocycles. The second-order valence-electron chi connectivity index (χ2n) is 7.97. The van der Waals surface area contributed by atoms with Gasteiger partial charge in [-0.05, 0) is 62.2 Å². The van der Waals surface area contributed by atoms with Gasteiger partial charge in [0.25, 0.3) is 0 Å². The van der Waals surface area contributed by atoms with Gasteiger partial charge in [0, 0.05) is 29.6 Å². The number of nitrogens with one attached hydrogen (secondary N) is 1. The summed E-state index contributed by atoms with van der Waals surface area (Å²) < 4.78 is 6.82. The molecule has 3 rings (SSSR count). The van der Waals surface area contributed by atoms with Crippen molar-refractivity contribution in [2.75, 3.05) is 11.9 Å². The van der Waals surface area contributed by atoms with Gasteiger partial charge in [-0.2, -0.15) is 5.10 Å². The molecule has 1 N–H and O–H groups in total. The fourth-order valence-corrected chi connectivity index (χ4v) is 3.11. The van der Waals surface area contributed by atoms with Gasteiger partial charge < -0.3 is 10.1 Å². The molecule has 0 saturated heterocycles. The Morgan fingerprint density at radius 1 is 1.03 bits per heavy atom. The largest absolute Gasteiger partial charge is 0.454 e. The predicted molar refractivity (Wildman–Crippen MR) is 120 cm³/mol. The summed E-state index contributed by atoms with van der Waals surface area (Å²) in [5.41, 5.74) is 3.04. The number of ether oxygens (including phenoxy) is 1. The van der Waals surface area contributed by atoms with E-state index in [1.165, 1.54) is 6.20 Å². The fourth-order valence-electron chi connectivity index (χ4n) is 3.11. The lowest BCUT2D eigenvalue weighted by Crippen LogP contribution is -2.15. The quantitative estimate of drug-likeness (QED) is 0.426. The molecule has 3 aromatic rings. The number of benzene rings is 1. The summed E-state index contributed by atoms with van der Waals surface area (Å²) in [4.78, 5) is 40.7.